The van der Waals surface area contributed by atoms with E-state index >= 15 is 0 Å². The Kier molecular flexibility index (Phi) is 5.38. The first-order valence-corrected chi connectivity index (χ1v) is 9.23. The highest BCUT2D eigenvalue weighted by molar-refractivity contribution is 7.99. The lowest BCUT2D eigenvalue weighted by Gasteiger charge is -2.39. The lowest BCUT2D eigenvalue weighted by Crippen LogP contribution is -2.57. The van der Waals surface area contributed by atoms with Crippen molar-refractivity contribution in [3.8, 4) is 0 Å². The fraction of sp³-hybridized carbons (Fsp3) is 0.316. The molecule has 1 aromatic heterocycles. The molecule has 1 atom stereocenters. The summed E-state index contributed by atoms with van der Waals surface area (Å²) in [6.45, 7) is 4.64. The average molecular weight is 355 g/mol. The summed E-state index contributed by atoms with van der Waals surface area (Å²) in [5, 5.41) is 0.813. The Morgan fingerprint density at radius 2 is 2.00 bits per heavy atom. The average Bonchev–Trinajstić information content (AvgIpc) is 2.63. The topological polar surface area (TPSA) is 53.5 Å². The highest BCUT2D eigenvalue weighted by Gasteiger charge is 2.33. The molecule has 0 unspecified atom stereocenters. The summed E-state index contributed by atoms with van der Waals surface area (Å²) >= 11 is 1.40. The monoisotopic (exact) mass is 355 g/mol. The summed E-state index contributed by atoms with van der Waals surface area (Å²) in [5.74, 6) is 0.220. The maximum Gasteiger partial charge on any atom is 0.246 e. The van der Waals surface area contributed by atoms with Crippen molar-refractivity contribution in [2.45, 2.75) is 24.9 Å². The van der Waals surface area contributed by atoms with Crippen molar-refractivity contribution >= 4 is 29.3 Å². The molecule has 2 amide bonds. The second kappa shape index (κ2) is 7.70. The van der Waals surface area contributed by atoms with Crippen molar-refractivity contribution in [3.05, 3.63) is 54.2 Å². The molecule has 0 radical (unpaired) electrons. The highest BCUT2D eigenvalue weighted by Crippen LogP contribution is 2.22. The Morgan fingerprint density at radius 1 is 1.24 bits per heavy atom. The summed E-state index contributed by atoms with van der Waals surface area (Å²) < 4.78 is 0. The Morgan fingerprint density at radius 3 is 2.68 bits per heavy atom. The maximum absolute atomic E-state index is 12.5. The van der Waals surface area contributed by atoms with Crippen LogP contribution in [0.3, 0.4) is 0 Å². The molecule has 2 heterocycles. The number of amides is 2. The molecule has 3 rings (SSSR count). The second-order valence-electron chi connectivity index (χ2n) is 6.17. The van der Waals surface area contributed by atoms with E-state index in [1.165, 1.54) is 11.8 Å². The Balaban J connectivity index is 1.62. The van der Waals surface area contributed by atoms with Crippen LogP contribution in [0.25, 0.3) is 0 Å². The van der Waals surface area contributed by atoms with E-state index in [1.54, 1.807) is 16.0 Å². The van der Waals surface area contributed by atoms with Gasteiger partial charge >= 0.3 is 0 Å². The van der Waals surface area contributed by atoms with Gasteiger partial charge in [-0.2, -0.15) is 0 Å². The summed E-state index contributed by atoms with van der Waals surface area (Å²) in [6.07, 6.45) is 1.71. The van der Waals surface area contributed by atoms with Crippen LogP contribution in [0, 0.1) is 6.92 Å². The van der Waals surface area contributed by atoms with Gasteiger partial charge < -0.3 is 9.80 Å². The van der Waals surface area contributed by atoms with E-state index < -0.39 is 0 Å². The molecule has 0 saturated carbocycles. The van der Waals surface area contributed by atoms with Gasteiger partial charge in [-0.25, -0.2) is 4.98 Å². The molecule has 5 nitrogen and oxygen atoms in total. The zero-order chi connectivity index (χ0) is 17.8. The van der Waals surface area contributed by atoms with Gasteiger partial charge in [0.1, 0.15) is 6.54 Å². The number of piperazine rings is 1. The number of anilines is 1. The van der Waals surface area contributed by atoms with E-state index in [0.29, 0.717) is 12.3 Å². The summed E-state index contributed by atoms with van der Waals surface area (Å²) in [6, 6.07) is 13.5. The summed E-state index contributed by atoms with van der Waals surface area (Å²) in [5.41, 5.74) is 2.04. The van der Waals surface area contributed by atoms with Gasteiger partial charge in [-0.15, -0.1) is 0 Å². The van der Waals surface area contributed by atoms with Gasteiger partial charge in [0.25, 0.3) is 0 Å². The van der Waals surface area contributed by atoms with Crippen molar-refractivity contribution < 1.29 is 9.59 Å². The van der Waals surface area contributed by atoms with E-state index in [4.69, 9.17) is 0 Å². The molecule has 0 spiro atoms. The second-order valence-corrected chi connectivity index (χ2v) is 7.16. The van der Waals surface area contributed by atoms with Crippen molar-refractivity contribution in [3.63, 3.8) is 0 Å². The predicted octanol–water partition coefficient (Wildman–Crippen LogP) is 2.75. The first-order chi connectivity index (χ1) is 12.0. The van der Waals surface area contributed by atoms with E-state index in [0.717, 1.165) is 16.3 Å². The number of benzene rings is 1. The van der Waals surface area contributed by atoms with E-state index in [1.807, 2.05) is 56.3 Å². The number of carbonyl (C=O) groups excluding carboxylic acids is 2. The van der Waals surface area contributed by atoms with Gasteiger partial charge in [-0.05, 0) is 38.1 Å². The molecule has 1 saturated heterocycles. The zero-order valence-corrected chi connectivity index (χ0v) is 15.2. The van der Waals surface area contributed by atoms with Gasteiger partial charge in [0.2, 0.25) is 11.8 Å². The molecule has 0 N–H and O–H groups in total. The van der Waals surface area contributed by atoms with Crippen molar-refractivity contribution in [2.24, 2.45) is 0 Å². The van der Waals surface area contributed by atoms with Gasteiger partial charge in [-0.1, -0.05) is 35.5 Å². The standard InChI is InChI=1S/C19H21N3O2S/c1-14-6-8-16(9-7-14)22-11-15(2)21(12-18(22)23)19(24)13-25-17-5-3-4-10-20-17/h3-10,15H,11-13H2,1-2H3/t15-/m1/s1. The molecule has 1 aliphatic rings. The zero-order valence-electron chi connectivity index (χ0n) is 14.4. The molecule has 2 aromatic rings. The molecule has 1 fully saturated rings. The number of nitrogens with zero attached hydrogens (tertiary/aromatic N) is 3. The highest BCUT2D eigenvalue weighted by atomic mass is 32.2. The number of carbonyl (C=O) groups is 2. The van der Waals surface area contributed by atoms with Crippen molar-refractivity contribution in [2.75, 3.05) is 23.7 Å². The minimum Gasteiger partial charge on any atom is -0.328 e. The minimum absolute atomic E-state index is 0.0177. The van der Waals surface area contributed by atoms with Crippen LogP contribution in [0.1, 0.15) is 12.5 Å². The Bertz CT molecular complexity index is 749. The molecule has 1 aliphatic heterocycles. The lowest BCUT2D eigenvalue weighted by molar-refractivity contribution is -0.137. The third-order valence-corrected chi connectivity index (χ3v) is 5.16. The predicted molar refractivity (Wildman–Crippen MR) is 99.7 cm³/mol. The van der Waals surface area contributed by atoms with Crippen LogP contribution in [0.5, 0.6) is 0 Å². The molecule has 130 valence electrons. The SMILES string of the molecule is Cc1ccc(N2C[C@@H](C)N(C(=O)CSc3ccccn3)CC2=O)cc1. The Hall–Kier alpha value is -2.34. The smallest absolute Gasteiger partial charge is 0.246 e. The number of aryl methyl sites for hydroxylation is 1. The fourth-order valence-electron chi connectivity index (χ4n) is 2.81. The Labute approximate surface area is 152 Å². The molecule has 1 aromatic carbocycles. The number of hydrogen-bond donors (Lipinski definition) is 0. The van der Waals surface area contributed by atoms with E-state index in [-0.39, 0.29) is 24.4 Å². The van der Waals surface area contributed by atoms with Crippen LogP contribution in [0.2, 0.25) is 0 Å². The van der Waals surface area contributed by atoms with Crippen LogP contribution in [0.15, 0.2) is 53.7 Å². The molecular formula is C19H21N3O2S. The normalized spacial score (nSPS) is 17.7. The van der Waals surface area contributed by atoms with Crippen molar-refractivity contribution in [1.29, 1.82) is 0 Å². The van der Waals surface area contributed by atoms with Crippen LogP contribution < -0.4 is 4.90 Å². The van der Waals surface area contributed by atoms with Crippen LogP contribution in [-0.2, 0) is 9.59 Å². The molecule has 0 bridgehead atoms. The van der Waals surface area contributed by atoms with Crippen LogP contribution in [-0.4, -0.2) is 46.6 Å². The van der Waals surface area contributed by atoms with Crippen LogP contribution >= 0.6 is 11.8 Å². The summed E-state index contributed by atoms with van der Waals surface area (Å²) in [4.78, 5) is 32.7. The minimum atomic E-state index is -0.0434. The largest absolute Gasteiger partial charge is 0.328 e. The third-order valence-electron chi connectivity index (χ3n) is 4.23. The fourth-order valence-corrected chi connectivity index (χ4v) is 3.56. The molecular weight excluding hydrogens is 334 g/mol. The first kappa shape index (κ1) is 17.5. The lowest BCUT2D eigenvalue weighted by atomic mass is 10.1. The number of hydrogen-bond acceptors (Lipinski definition) is 4. The number of rotatable bonds is 4. The number of thioether (sulfide) groups is 1. The van der Waals surface area contributed by atoms with Gasteiger partial charge in [0, 0.05) is 24.5 Å². The van der Waals surface area contributed by atoms with Gasteiger partial charge in [-0.3, -0.25) is 9.59 Å². The van der Waals surface area contributed by atoms with Gasteiger partial charge in [0.15, 0.2) is 0 Å². The third kappa shape index (κ3) is 4.20. The quantitative estimate of drug-likeness (QED) is 0.792. The number of pyridine rings is 1. The molecule has 25 heavy (non-hydrogen) atoms. The van der Waals surface area contributed by atoms with E-state index in [2.05, 4.69) is 4.98 Å². The molecule has 6 heteroatoms. The molecule has 0 aliphatic carbocycles. The van der Waals surface area contributed by atoms with Gasteiger partial charge in [0.05, 0.1) is 10.8 Å². The van der Waals surface area contributed by atoms with Crippen LogP contribution in [0.4, 0.5) is 5.69 Å². The van der Waals surface area contributed by atoms with Crippen molar-refractivity contribution in [1.82, 2.24) is 9.88 Å². The first-order valence-electron chi connectivity index (χ1n) is 8.25. The summed E-state index contributed by atoms with van der Waals surface area (Å²) in [7, 11) is 0. The van der Waals surface area contributed by atoms with E-state index in [9.17, 15) is 9.59 Å². The number of aromatic nitrogens is 1. The maximum atomic E-state index is 12.5.